The Hall–Kier alpha value is -1.32. The Labute approximate surface area is 124 Å². The van der Waals surface area contributed by atoms with Gasteiger partial charge in [0, 0.05) is 12.2 Å². The van der Waals surface area contributed by atoms with E-state index in [4.69, 9.17) is 5.73 Å². The van der Waals surface area contributed by atoms with Gasteiger partial charge in [-0.3, -0.25) is 0 Å². The third-order valence-corrected chi connectivity index (χ3v) is 7.33. The molecule has 9 heteroatoms. The van der Waals surface area contributed by atoms with Crippen molar-refractivity contribution in [1.29, 1.82) is 0 Å². The van der Waals surface area contributed by atoms with Crippen LogP contribution in [0.4, 0.5) is 11.4 Å². The lowest BCUT2D eigenvalue weighted by molar-refractivity contribution is 0.588. The van der Waals surface area contributed by atoms with Crippen molar-refractivity contribution in [2.75, 3.05) is 30.4 Å². The van der Waals surface area contributed by atoms with Crippen LogP contribution in [-0.4, -0.2) is 41.4 Å². The Morgan fingerprint density at radius 2 is 2.10 bits per heavy atom. The monoisotopic (exact) mass is 333 g/mol. The molecular weight excluding hydrogens is 314 g/mol. The van der Waals surface area contributed by atoms with Crippen LogP contribution in [0.5, 0.6) is 0 Å². The lowest BCUT2D eigenvalue weighted by Gasteiger charge is -2.13. The maximum absolute atomic E-state index is 11.7. The van der Waals surface area contributed by atoms with Gasteiger partial charge >= 0.3 is 0 Å². The molecule has 118 valence electrons. The first-order chi connectivity index (χ1) is 9.76. The number of benzene rings is 1. The van der Waals surface area contributed by atoms with E-state index >= 15 is 0 Å². The minimum Gasteiger partial charge on any atom is -0.398 e. The molecule has 0 amide bonds. The second-order valence-electron chi connectivity index (χ2n) is 4.97. The third kappa shape index (κ3) is 3.47. The van der Waals surface area contributed by atoms with Gasteiger partial charge < -0.3 is 11.1 Å². The largest absolute Gasteiger partial charge is 0.398 e. The van der Waals surface area contributed by atoms with Crippen molar-refractivity contribution < 1.29 is 16.8 Å². The summed E-state index contributed by atoms with van der Waals surface area (Å²) < 4.78 is 49.0. The molecule has 1 fully saturated rings. The number of hydrogen-bond donors (Lipinski definition) is 3. The van der Waals surface area contributed by atoms with Gasteiger partial charge in [-0.25, -0.2) is 21.6 Å². The van der Waals surface area contributed by atoms with E-state index < -0.39 is 19.9 Å². The van der Waals surface area contributed by atoms with E-state index in [1.54, 1.807) is 6.07 Å². The van der Waals surface area contributed by atoms with E-state index in [2.05, 4.69) is 10.0 Å². The van der Waals surface area contributed by atoms with Crippen LogP contribution in [0.1, 0.15) is 12.8 Å². The zero-order valence-electron chi connectivity index (χ0n) is 11.7. The summed E-state index contributed by atoms with van der Waals surface area (Å²) in [5.74, 6) is 0.237. The van der Waals surface area contributed by atoms with Crippen molar-refractivity contribution in [2.24, 2.45) is 0 Å². The van der Waals surface area contributed by atoms with Crippen molar-refractivity contribution in [3.05, 3.63) is 18.2 Å². The van der Waals surface area contributed by atoms with E-state index in [0.717, 1.165) is 0 Å². The molecule has 0 bridgehead atoms. The zero-order valence-corrected chi connectivity index (χ0v) is 13.3. The topological polar surface area (TPSA) is 118 Å². The van der Waals surface area contributed by atoms with Crippen LogP contribution >= 0.6 is 0 Å². The molecule has 1 saturated heterocycles. The summed E-state index contributed by atoms with van der Waals surface area (Å²) in [5.41, 5.74) is 6.46. The highest BCUT2D eigenvalue weighted by Crippen LogP contribution is 2.24. The Morgan fingerprint density at radius 1 is 1.38 bits per heavy atom. The molecule has 0 saturated carbocycles. The maximum atomic E-state index is 11.7. The number of sulfonamides is 1. The average Bonchev–Trinajstić information content (AvgIpc) is 2.75. The third-order valence-electron chi connectivity index (χ3n) is 3.56. The highest BCUT2D eigenvalue weighted by molar-refractivity contribution is 7.92. The van der Waals surface area contributed by atoms with Crippen LogP contribution in [0.3, 0.4) is 0 Å². The molecule has 1 aromatic rings. The van der Waals surface area contributed by atoms with Crippen molar-refractivity contribution in [3.63, 3.8) is 0 Å². The summed E-state index contributed by atoms with van der Waals surface area (Å²) in [6, 6.07) is 4.46. The number of nitrogen functional groups attached to an aromatic ring is 1. The van der Waals surface area contributed by atoms with Gasteiger partial charge in [0.1, 0.15) is 4.90 Å². The Bertz CT molecular complexity index is 729. The van der Waals surface area contributed by atoms with Gasteiger partial charge in [-0.15, -0.1) is 0 Å². The fourth-order valence-electron chi connectivity index (χ4n) is 2.33. The van der Waals surface area contributed by atoms with Crippen LogP contribution < -0.4 is 15.8 Å². The predicted octanol–water partition coefficient (Wildman–Crippen LogP) is 0.166. The SMILES string of the molecule is CNS(=O)(=O)c1ccc(NCC2CCCS2(=O)=O)cc1N. The van der Waals surface area contributed by atoms with Gasteiger partial charge in [0.2, 0.25) is 10.0 Å². The number of anilines is 2. The highest BCUT2D eigenvalue weighted by atomic mass is 32.2. The first kappa shape index (κ1) is 16.1. The van der Waals surface area contributed by atoms with Crippen LogP contribution in [0, 0.1) is 0 Å². The lowest BCUT2D eigenvalue weighted by Crippen LogP contribution is -2.25. The van der Waals surface area contributed by atoms with Gasteiger partial charge in [0.15, 0.2) is 9.84 Å². The molecule has 1 unspecified atom stereocenters. The first-order valence-electron chi connectivity index (χ1n) is 6.55. The number of rotatable bonds is 5. The number of nitrogens with one attached hydrogen (secondary N) is 2. The van der Waals surface area contributed by atoms with E-state index in [1.807, 2.05) is 0 Å². The molecule has 0 spiro atoms. The minimum absolute atomic E-state index is 0.00374. The quantitative estimate of drug-likeness (QED) is 0.661. The van der Waals surface area contributed by atoms with Crippen molar-refractivity contribution in [3.8, 4) is 0 Å². The van der Waals surface area contributed by atoms with Gasteiger partial charge in [-0.2, -0.15) is 0 Å². The molecule has 1 aromatic carbocycles. The Morgan fingerprint density at radius 3 is 2.62 bits per heavy atom. The van der Waals surface area contributed by atoms with Gasteiger partial charge in [0.05, 0.1) is 16.7 Å². The second-order valence-corrected chi connectivity index (χ2v) is 9.23. The van der Waals surface area contributed by atoms with Crippen LogP contribution in [0.2, 0.25) is 0 Å². The van der Waals surface area contributed by atoms with Crippen LogP contribution in [-0.2, 0) is 19.9 Å². The van der Waals surface area contributed by atoms with E-state index in [1.165, 1.54) is 19.2 Å². The van der Waals surface area contributed by atoms with Gasteiger partial charge in [-0.05, 0) is 38.1 Å². The lowest BCUT2D eigenvalue weighted by atomic mass is 10.2. The number of nitrogens with two attached hydrogens (primary N) is 1. The zero-order chi connectivity index (χ0) is 15.7. The van der Waals surface area contributed by atoms with Gasteiger partial charge in [-0.1, -0.05) is 0 Å². The normalized spacial score (nSPS) is 21.3. The molecule has 0 aliphatic carbocycles. The van der Waals surface area contributed by atoms with Crippen molar-refractivity contribution in [2.45, 2.75) is 23.0 Å². The van der Waals surface area contributed by atoms with Crippen molar-refractivity contribution >= 4 is 31.2 Å². The summed E-state index contributed by atoms with van der Waals surface area (Å²) in [5, 5.41) is 2.62. The van der Waals surface area contributed by atoms with Crippen LogP contribution in [0.25, 0.3) is 0 Å². The summed E-state index contributed by atoms with van der Waals surface area (Å²) in [6.45, 7) is 0.305. The Kier molecular flexibility index (Phi) is 4.45. The second kappa shape index (κ2) is 5.82. The summed E-state index contributed by atoms with van der Waals surface area (Å²) in [4.78, 5) is 0.00374. The first-order valence-corrected chi connectivity index (χ1v) is 9.74. The molecule has 0 radical (unpaired) electrons. The highest BCUT2D eigenvalue weighted by Gasteiger charge is 2.30. The van der Waals surface area contributed by atoms with E-state index in [9.17, 15) is 16.8 Å². The number of sulfone groups is 1. The van der Waals surface area contributed by atoms with Crippen LogP contribution in [0.15, 0.2) is 23.1 Å². The summed E-state index contributed by atoms with van der Waals surface area (Å²) >= 11 is 0. The molecule has 1 heterocycles. The fourth-order valence-corrected chi connectivity index (χ4v) is 4.93. The molecule has 1 atom stereocenters. The molecule has 2 rings (SSSR count). The van der Waals surface area contributed by atoms with Crippen molar-refractivity contribution in [1.82, 2.24) is 4.72 Å². The molecule has 4 N–H and O–H groups in total. The maximum Gasteiger partial charge on any atom is 0.242 e. The minimum atomic E-state index is -3.59. The van der Waals surface area contributed by atoms with Gasteiger partial charge in [0.25, 0.3) is 0 Å². The molecule has 7 nitrogen and oxygen atoms in total. The fraction of sp³-hybridized carbons (Fsp3) is 0.500. The Balaban J connectivity index is 2.11. The predicted molar refractivity (Wildman–Crippen MR) is 82.4 cm³/mol. The van der Waals surface area contributed by atoms with E-state index in [-0.39, 0.29) is 21.6 Å². The molecular formula is C12H19N3O4S2. The number of hydrogen-bond acceptors (Lipinski definition) is 6. The smallest absolute Gasteiger partial charge is 0.242 e. The standard InChI is InChI=1S/C12H19N3O4S2/c1-14-21(18,19)12-5-4-9(7-11(12)13)15-8-10-3-2-6-20(10,16)17/h4-5,7,10,14-15H,2-3,6,8,13H2,1H3. The molecule has 1 aliphatic rings. The van der Waals surface area contributed by atoms with E-state index in [0.29, 0.717) is 25.1 Å². The molecule has 0 aromatic heterocycles. The average molecular weight is 333 g/mol. The summed E-state index contributed by atoms with van der Waals surface area (Å²) in [7, 11) is -5.28. The molecule has 1 aliphatic heterocycles. The molecule has 21 heavy (non-hydrogen) atoms. The summed E-state index contributed by atoms with van der Waals surface area (Å²) in [6.07, 6.45) is 1.34.